The lowest BCUT2D eigenvalue weighted by molar-refractivity contribution is -0.0836. The number of piperidine rings is 1. The van der Waals surface area contributed by atoms with E-state index in [0.29, 0.717) is 17.7 Å². The van der Waals surface area contributed by atoms with E-state index >= 15 is 0 Å². The van der Waals surface area contributed by atoms with Crippen LogP contribution in [-0.2, 0) is 11.2 Å². The van der Waals surface area contributed by atoms with Gasteiger partial charge in [0, 0.05) is 44.1 Å². The van der Waals surface area contributed by atoms with Crippen LogP contribution in [0.15, 0.2) is 24.7 Å². The maximum Gasteiger partial charge on any atom is 0.221 e. The van der Waals surface area contributed by atoms with Crippen molar-refractivity contribution in [2.24, 2.45) is 11.8 Å². The van der Waals surface area contributed by atoms with Gasteiger partial charge in [0.15, 0.2) is 0 Å². The number of aromatic nitrogens is 3. The third kappa shape index (κ3) is 2.62. The Balaban J connectivity index is 1.44. The Kier molecular flexibility index (Phi) is 3.98. The number of pyridine rings is 1. The van der Waals surface area contributed by atoms with Gasteiger partial charge in [-0.15, -0.1) is 0 Å². The zero-order valence-corrected chi connectivity index (χ0v) is 14.9. The molecule has 2 aromatic rings. The summed E-state index contributed by atoms with van der Waals surface area (Å²) in [7, 11) is 0. The van der Waals surface area contributed by atoms with Crippen molar-refractivity contribution in [3.05, 3.63) is 35.9 Å². The third-order valence-electron chi connectivity index (χ3n) is 5.65. The van der Waals surface area contributed by atoms with Crippen LogP contribution in [0.25, 0.3) is 0 Å². The molecule has 2 atom stereocenters. The van der Waals surface area contributed by atoms with Gasteiger partial charge in [-0.1, -0.05) is 0 Å². The van der Waals surface area contributed by atoms with Gasteiger partial charge in [0.05, 0.1) is 30.2 Å². The molecule has 136 valence electrons. The number of ether oxygens (including phenoxy) is 2. The van der Waals surface area contributed by atoms with E-state index in [1.54, 1.807) is 6.33 Å². The average Bonchev–Trinajstić information content (AvgIpc) is 3.07. The van der Waals surface area contributed by atoms with Crippen molar-refractivity contribution in [1.29, 1.82) is 0 Å². The fraction of sp³-hybridized carbons (Fsp3) is 0.526. The van der Waals surface area contributed by atoms with E-state index in [4.69, 9.17) is 9.47 Å². The lowest BCUT2D eigenvalue weighted by atomic mass is 9.86. The number of hydrogen-bond donors (Lipinski definition) is 1. The van der Waals surface area contributed by atoms with Crippen molar-refractivity contribution < 1.29 is 9.47 Å². The van der Waals surface area contributed by atoms with Crippen molar-refractivity contribution in [1.82, 2.24) is 20.3 Å². The van der Waals surface area contributed by atoms with Gasteiger partial charge in [0.2, 0.25) is 5.88 Å². The van der Waals surface area contributed by atoms with Gasteiger partial charge in [-0.05, 0) is 19.1 Å². The molecular formula is C19H23N5O2. The lowest BCUT2D eigenvalue weighted by Gasteiger charge is -2.42. The molecule has 0 spiro atoms. The summed E-state index contributed by atoms with van der Waals surface area (Å²) in [5.41, 5.74) is 3.24. The molecular weight excluding hydrogens is 330 g/mol. The highest BCUT2D eigenvalue weighted by atomic mass is 16.5. The van der Waals surface area contributed by atoms with E-state index in [0.717, 1.165) is 62.0 Å². The Labute approximate surface area is 152 Å². The van der Waals surface area contributed by atoms with Gasteiger partial charge in [-0.3, -0.25) is 4.98 Å². The van der Waals surface area contributed by atoms with Gasteiger partial charge in [-0.2, -0.15) is 0 Å². The quantitative estimate of drug-likeness (QED) is 0.896. The summed E-state index contributed by atoms with van der Waals surface area (Å²) in [6.45, 7) is 6.29. The molecule has 2 aromatic heterocycles. The summed E-state index contributed by atoms with van der Waals surface area (Å²) in [6, 6.07) is 4.08. The molecule has 0 saturated carbocycles. The topological polar surface area (TPSA) is 72.4 Å². The van der Waals surface area contributed by atoms with Gasteiger partial charge >= 0.3 is 0 Å². The number of nitrogens with one attached hydrogen (secondary N) is 1. The Morgan fingerprint density at radius 1 is 1.19 bits per heavy atom. The van der Waals surface area contributed by atoms with Crippen LogP contribution in [0.5, 0.6) is 5.88 Å². The average molecular weight is 353 g/mol. The molecule has 3 aliphatic heterocycles. The van der Waals surface area contributed by atoms with E-state index in [1.165, 1.54) is 0 Å². The fourth-order valence-corrected chi connectivity index (χ4v) is 4.31. The predicted molar refractivity (Wildman–Crippen MR) is 96.8 cm³/mol. The third-order valence-corrected chi connectivity index (χ3v) is 5.65. The number of nitrogens with zero attached hydrogens (tertiary/aromatic N) is 4. The second-order valence-electron chi connectivity index (χ2n) is 7.30. The standard InChI is InChI=1S/C19H23N5O2/c1-12-18(24-6-4-15-16(24)3-2-5-21-15)22-11-23-19(12)26-17-13-7-20-8-14(17)10-25-9-13/h2-3,5,11,13-14,17,20H,4,6-10H2,1H3. The van der Waals surface area contributed by atoms with Crippen LogP contribution in [0.2, 0.25) is 0 Å². The summed E-state index contributed by atoms with van der Waals surface area (Å²) in [5, 5.41) is 3.48. The van der Waals surface area contributed by atoms with Gasteiger partial charge in [0.25, 0.3) is 0 Å². The zero-order valence-electron chi connectivity index (χ0n) is 14.9. The summed E-state index contributed by atoms with van der Waals surface area (Å²) < 4.78 is 12.1. The van der Waals surface area contributed by atoms with Crippen LogP contribution in [0.4, 0.5) is 11.5 Å². The van der Waals surface area contributed by atoms with Crippen molar-refractivity contribution in [2.75, 3.05) is 37.7 Å². The Hall–Kier alpha value is -2.25. The molecule has 0 radical (unpaired) electrons. The maximum absolute atomic E-state index is 6.43. The Morgan fingerprint density at radius 2 is 2.04 bits per heavy atom. The van der Waals surface area contributed by atoms with Crippen LogP contribution in [0, 0.1) is 18.8 Å². The SMILES string of the molecule is Cc1c(OC2C3CNCC2COC3)ncnc1N1CCc2ncccc21. The molecule has 0 amide bonds. The second kappa shape index (κ2) is 6.48. The molecule has 2 fully saturated rings. The highest BCUT2D eigenvalue weighted by molar-refractivity contribution is 5.68. The van der Waals surface area contributed by atoms with Crippen LogP contribution in [0.3, 0.4) is 0 Å². The Morgan fingerprint density at radius 3 is 2.88 bits per heavy atom. The Bertz CT molecular complexity index is 792. The molecule has 0 aromatic carbocycles. The van der Waals surface area contributed by atoms with Gasteiger partial charge < -0.3 is 19.7 Å². The molecule has 1 N–H and O–H groups in total. The minimum absolute atomic E-state index is 0.152. The fourth-order valence-electron chi connectivity index (χ4n) is 4.31. The van der Waals surface area contributed by atoms with Crippen LogP contribution in [0.1, 0.15) is 11.3 Å². The molecule has 5 heterocycles. The van der Waals surface area contributed by atoms with E-state index in [1.807, 2.05) is 19.2 Å². The minimum atomic E-state index is 0.152. The first-order chi connectivity index (χ1) is 12.8. The molecule has 7 nitrogen and oxygen atoms in total. The van der Waals surface area contributed by atoms with E-state index < -0.39 is 0 Å². The summed E-state index contributed by atoms with van der Waals surface area (Å²) in [6.07, 6.45) is 4.55. The monoisotopic (exact) mass is 353 g/mol. The van der Waals surface area contributed by atoms with E-state index in [-0.39, 0.29) is 6.10 Å². The number of fused-ring (bicyclic) bond motifs is 3. The van der Waals surface area contributed by atoms with Crippen LogP contribution in [-0.4, -0.2) is 53.9 Å². The normalized spacial score (nSPS) is 27.3. The first-order valence-electron chi connectivity index (χ1n) is 9.29. The molecule has 2 unspecified atom stereocenters. The number of anilines is 2. The van der Waals surface area contributed by atoms with Gasteiger partial charge in [0.1, 0.15) is 18.2 Å². The molecule has 2 bridgehead atoms. The van der Waals surface area contributed by atoms with Crippen LogP contribution >= 0.6 is 0 Å². The molecule has 7 heteroatoms. The minimum Gasteiger partial charge on any atom is -0.473 e. The van der Waals surface area contributed by atoms with Gasteiger partial charge in [-0.25, -0.2) is 9.97 Å². The van der Waals surface area contributed by atoms with Crippen LogP contribution < -0.4 is 15.0 Å². The molecule has 26 heavy (non-hydrogen) atoms. The second-order valence-corrected chi connectivity index (χ2v) is 7.30. The molecule has 5 rings (SSSR count). The summed E-state index contributed by atoms with van der Waals surface area (Å²) >= 11 is 0. The largest absolute Gasteiger partial charge is 0.473 e. The van der Waals surface area contributed by atoms with Crippen molar-refractivity contribution in [3.8, 4) is 5.88 Å². The summed E-state index contributed by atoms with van der Waals surface area (Å²) in [5.74, 6) is 2.35. The molecule has 0 aliphatic carbocycles. The van der Waals surface area contributed by atoms with Crippen molar-refractivity contribution in [2.45, 2.75) is 19.4 Å². The lowest BCUT2D eigenvalue weighted by Crippen LogP contribution is -2.56. The van der Waals surface area contributed by atoms with E-state index in [9.17, 15) is 0 Å². The smallest absolute Gasteiger partial charge is 0.221 e. The molecule has 3 aliphatic rings. The zero-order chi connectivity index (χ0) is 17.5. The van der Waals surface area contributed by atoms with Crippen molar-refractivity contribution >= 4 is 11.5 Å². The highest BCUT2D eigenvalue weighted by Crippen LogP contribution is 2.36. The molecule has 2 saturated heterocycles. The first kappa shape index (κ1) is 16.0. The summed E-state index contributed by atoms with van der Waals surface area (Å²) in [4.78, 5) is 15.7. The van der Waals surface area contributed by atoms with E-state index in [2.05, 4.69) is 31.2 Å². The maximum atomic E-state index is 6.43. The first-order valence-corrected chi connectivity index (χ1v) is 9.29. The predicted octanol–water partition coefficient (Wildman–Crippen LogP) is 1.49. The number of hydrogen-bond acceptors (Lipinski definition) is 7. The van der Waals surface area contributed by atoms with Crippen molar-refractivity contribution in [3.63, 3.8) is 0 Å². The number of rotatable bonds is 3. The highest BCUT2D eigenvalue weighted by Gasteiger charge is 2.39.